The maximum absolute atomic E-state index is 6.09. The lowest BCUT2D eigenvalue weighted by Crippen LogP contribution is -2.50. The Kier molecular flexibility index (Phi) is 4.91. The summed E-state index contributed by atoms with van der Waals surface area (Å²) in [4.78, 5) is 0. The van der Waals surface area contributed by atoms with Crippen LogP contribution in [0.1, 0.15) is 53.4 Å². The molecule has 2 saturated heterocycles. The van der Waals surface area contributed by atoms with Gasteiger partial charge in [0, 0.05) is 25.9 Å². The summed E-state index contributed by atoms with van der Waals surface area (Å²) in [5.74, 6) is 0.695. The Labute approximate surface area is 118 Å². The number of ether oxygens (including phenoxy) is 2. The molecule has 2 aliphatic rings. The monoisotopic (exact) mass is 269 g/mol. The molecule has 2 aliphatic heterocycles. The summed E-state index contributed by atoms with van der Waals surface area (Å²) in [5.41, 5.74) is 0.494. The van der Waals surface area contributed by atoms with Gasteiger partial charge in [-0.15, -0.1) is 0 Å². The predicted molar refractivity (Wildman–Crippen MR) is 78.4 cm³/mol. The first-order valence-corrected chi connectivity index (χ1v) is 7.86. The van der Waals surface area contributed by atoms with Crippen molar-refractivity contribution in [2.24, 2.45) is 11.3 Å². The van der Waals surface area contributed by atoms with Gasteiger partial charge in [0.2, 0.25) is 0 Å². The number of rotatable bonds is 3. The number of hydrogen-bond acceptors (Lipinski definition) is 3. The molecule has 1 N–H and O–H groups in total. The van der Waals surface area contributed by atoms with Crippen LogP contribution in [0.5, 0.6) is 0 Å². The molecule has 3 nitrogen and oxygen atoms in total. The first-order valence-electron chi connectivity index (χ1n) is 7.86. The van der Waals surface area contributed by atoms with Crippen molar-refractivity contribution in [3.63, 3.8) is 0 Å². The summed E-state index contributed by atoms with van der Waals surface area (Å²) < 4.78 is 11.6. The highest BCUT2D eigenvalue weighted by Gasteiger charge is 2.39. The van der Waals surface area contributed by atoms with Gasteiger partial charge in [0.25, 0.3) is 0 Å². The van der Waals surface area contributed by atoms with Crippen molar-refractivity contribution in [3.8, 4) is 0 Å². The molecule has 2 fully saturated rings. The summed E-state index contributed by atoms with van der Waals surface area (Å²) in [7, 11) is 0. The van der Waals surface area contributed by atoms with Gasteiger partial charge < -0.3 is 14.8 Å². The summed E-state index contributed by atoms with van der Waals surface area (Å²) >= 11 is 0. The lowest BCUT2D eigenvalue weighted by atomic mass is 9.81. The highest BCUT2D eigenvalue weighted by atomic mass is 16.5. The SMILES string of the molecule is CC(CNC1CCOC2(CCOCC2)C1)C(C)(C)C. The van der Waals surface area contributed by atoms with E-state index in [1.54, 1.807) is 0 Å². The molecular weight excluding hydrogens is 238 g/mol. The molecule has 0 aromatic carbocycles. The normalized spacial score (nSPS) is 29.4. The fourth-order valence-electron chi connectivity index (χ4n) is 2.94. The average Bonchev–Trinajstić information content (AvgIpc) is 2.36. The topological polar surface area (TPSA) is 30.5 Å². The Morgan fingerprint density at radius 3 is 2.53 bits per heavy atom. The van der Waals surface area contributed by atoms with Crippen molar-refractivity contribution in [1.82, 2.24) is 5.32 Å². The maximum atomic E-state index is 6.09. The van der Waals surface area contributed by atoms with E-state index in [0.29, 0.717) is 17.4 Å². The third kappa shape index (κ3) is 4.17. The summed E-state index contributed by atoms with van der Waals surface area (Å²) in [6.45, 7) is 13.1. The van der Waals surface area contributed by atoms with Gasteiger partial charge in [0.1, 0.15) is 0 Å². The van der Waals surface area contributed by atoms with Crippen LogP contribution in [0.2, 0.25) is 0 Å². The predicted octanol–water partition coefficient (Wildman–Crippen LogP) is 2.99. The van der Waals surface area contributed by atoms with Crippen molar-refractivity contribution in [1.29, 1.82) is 0 Å². The van der Waals surface area contributed by atoms with Crippen LogP contribution in [0.3, 0.4) is 0 Å². The van der Waals surface area contributed by atoms with E-state index in [0.717, 1.165) is 52.0 Å². The fourth-order valence-corrected chi connectivity index (χ4v) is 2.94. The van der Waals surface area contributed by atoms with Crippen LogP contribution < -0.4 is 5.32 Å². The fraction of sp³-hybridized carbons (Fsp3) is 1.00. The van der Waals surface area contributed by atoms with Gasteiger partial charge in [0.05, 0.1) is 5.60 Å². The second kappa shape index (κ2) is 6.11. The number of hydrogen-bond donors (Lipinski definition) is 1. The van der Waals surface area contributed by atoms with Crippen molar-refractivity contribution in [2.45, 2.75) is 65.0 Å². The molecule has 0 aromatic rings. The highest BCUT2D eigenvalue weighted by molar-refractivity contribution is 4.92. The van der Waals surface area contributed by atoms with Crippen molar-refractivity contribution in [2.75, 3.05) is 26.4 Å². The zero-order valence-corrected chi connectivity index (χ0v) is 13.1. The van der Waals surface area contributed by atoms with E-state index in [2.05, 4.69) is 33.0 Å². The summed E-state index contributed by atoms with van der Waals surface area (Å²) in [6.07, 6.45) is 4.45. The van der Waals surface area contributed by atoms with E-state index in [-0.39, 0.29) is 5.60 Å². The van der Waals surface area contributed by atoms with E-state index in [9.17, 15) is 0 Å². The van der Waals surface area contributed by atoms with Crippen molar-refractivity contribution in [3.05, 3.63) is 0 Å². The van der Waals surface area contributed by atoms with Crippen molar-refractivity contribution >= 4 is 0 Å². The first-order chi connectivity index (χ1) is 8.91. The molecule has 2 atom stereocenters. The second-order valence-electron chi connectivity index (χ2n) is 7.51. The Hall–Kier alpha value is -0.120. The highest BCUT2D eigenvalue weighted by Crippen LogP contribution is 2.34. The van der Waals surface area contributed by atoms with Crippen LogP contribution in [0.25, 0.3) is 0 Å². The molecule has 0 saturated carbocycles. The smallest absolute Gasteiger partial charge is 0.0741 e. The molecule has 0 bridgehead atoms. The van der Waals surface area contributed by atoms with Gasteiger partial charge in [-0.2, -0.15) is 0 Å². The van der Waals surface area contributed by atoms with Gasteiger partial charge in [0.15, 0.2) is 0 Å². The zero-order valence-electron chi connectivity index (χ0n) is 13.1. The minimum Gasteiger partial charge on any atom is -0.381 e. The third-order valence-corrected chi connectivity index (χ3v) is 5.09. The Balaban J connectivity index is 1.81. The van der Waals surface area contributed by atoms with Crippen molar-refractivity contribution < 1.29 is 9.47 Å². The summed E-state index contributed by atoms with van der Waals surface area (Å²) in [6, 6.07) is 0.622. The first kappa shape index (κ1) is 15.3. The van der Waals surface area contributed by atoms with Crippen LogP contribution in [0.4, 0.5) is 0 Å². The van der Waals surface area contributed by atoms with Crippen LogP contribution in [0, 0.1) is 11.3 Å². The molecule has 2 rings (SSSR count). The van der Waals surface area contributed by atoms with Gasteiger partial charge in [-0.1, -0.05) is 27.7 Å². The molecule has 1 spiro atoms. The minimum absolute atomic E-state index is 0.110. The lowest BCUT2D eigenvalue weighted by Gasteiger charge is -2.44. The van der Waals surface area contributed by atoms with E-state index in [1.165, 1.54) is 0 Å². The van der Waals surface area contributed by atoms with E-state index >= 15 is 0 Å². The van der Waals surface area contributed by atoms with E-state index in [4.69, 9.17) is 9.47 Å². The molecule has 0 aromatic heterocycles. The summed E-state index contributed by atoms with van der Waals surface area (Å²) in [5, 5.41) is 3.78. The minimum atomic E-state index is 0.110. The largest absolute Gasteiger partial charge is 0.381 e. The molecule has 3 heteroatoms. The zero-order chi connectivity index (χ0) is 13.9. The van der Waals surface area contributed by atoms with E-state index < -0.39 is 0 Å². The second-order valence-corrected chi connectivity index (χ2v) is 7.51. The Morgan fingerprint density at radius 1 is 1.21 bits per heavy atom. The van der Waals surface area contributed by atoms with Gasteiger partial charge in [-0.3, -0.25) is 0 Å². The van der Waals surface area contributed by atoms with Gasteiger partial charge in [-0.25, -0.2) is 0 Å². The Bertz CT molecular complexity index is 273. The van der Waals surface area contributed by atoms with E-state index in [1.807, 2.05) is 0 Å². The quantitative estimate of drug-likeness (QED) is 0.854. The number of nitrogens with one attached hydrogen (secondary N) is 1. The lowest BCUT2D eigenvalue weighted by molar-refractivity contribution is -0.140. The van der Waals surface area contributed by atoms with Gasteiger partial charge in [-0.05, 0) is 43.6 Å². The van der Waals surface area contributed by atoms with Crippen LogP contribution >= 0.6 is 0 Å². The average molecular weight is 269 g/mol. The molecule has 19 heavy (non-hydrogen) atoms. The molecule has 0 radical (unpaired) electrons. The van der Waals surface area contributed by atoms with Crippen LogP contribution in [0.15, 0.2) is 0 Å². The molecule has 2 unspecified atom stereocenters. The van der Waals surface area contributed by atoms with Crippen LogP contribution in [-0.4, -0.2) is 38.0 Å². The molecule has 112 valence electrons. The van der Waals surface area contributed by atoms with Gasteiger partial charge >= 0.3 is 0 Å². The standard InChI is InChI=1S/C16H31NO2/c1-13(15(2,3)4)12-17-14-5-8-19-16(11-14)6-9-18-10-7-16/h13-14,17H,5-12H2,1-4H3. The van der Waals surface area contributed by atoms with Crippen LogP contribution in [-0.2, 0) is 9.47 Å². The molecular formula is C16H31NO2. The molecule has 0 aliphatic carbocycles. The molecule has 0 amide bonds. The Morgan fingerprint density at radius 2 is 1.89 bits per heavy atom. The molecule has 2 heterocycles. The maximum Gasteiger partial charge on any atom is 0.0741 e. The third-order valence-electron chi connectivity index (χ3n) is 5.09.